The minimum Gasteiger partial charge on any atom is -0.301 e. The minimum absolute atomic E-state index is 0.164. The van der Waals surface area contributed by atoms with Crippen molar-refractivity contribution >= 4 is 11.8 Å². The van der Waals surface area contributed by atoms with E-state index in [1.165, 1.54) is 17.8 Å². The third-order valence-electron chi connectivity index (χ3n) is 2.59. The average Bonchev–Trinajstić information content (AvgIpc) is 2.39. The zero-order chi connectivity index (χ0) is 13.7. The standard InChI is InChI=1S/C14H13N3OS/c1-10-7-13(18)17-14(16-10)19-9-12(8-15)11-5-3-2-4-6-11/h2-7,12H,9H2,1H3,(H,16,17,18). The fourth-order valence-corrected chi connectivity index (χ4v) is 2.65. The molecular weight excluding hydrogens is 258 g/mol. The maximum atomic E-state index is 11.3. The summed E-state index contributed by atoms with van der Waals surface area (Å²) >= 11 is 1.39. The fourth-order valence-electron chi connectivity index (χ4n) is 1.68. The summed E-state index contributed by atoms with van der Waals surface area (Å²) in [6, 6.07) is 13.3. The van der Waals surface area contributed by atoms with Crippen molar-refractivity contribution in [3.05, 3.63) is 58.0 Å². The predicted octanol–water partition coefficient (Wildman–Crippen LogP) is 2.48. The average molecular weight is 271 g/mol. The van der Waals surface area contributed by atoms with E-state index in [4.69, 9.17) is 0 Å². The Labute approximate surface area is 115 Å². The van der Waals surface area contributed by atoms with Crippen LogP contribution in [0.5, 0.6) is 0 Å². The molecule has 0 fully saturated rings. The summed E-state index contributed by atoms with van der Waals surface area (Å²) in [6.45, 7) is 1.78. The lowest BCUT2D eigenvalue weighted by Gasteiger charge is -2.08. The number of thioether (sulfide) groups is 1. The summed E-state index contributed by atoms with van der Waals surface area (Å²) in [4.78, 5) is 18.2. The predicted molar refractivity (Wildman–Crippen MR) is 75.1 cm³/mol. The third-order valence-corrected chi connectivity index (χ3v) is 3.56. The number of rotatable bonds is 4. The molecule has 2 rings (SSSR count). The summed E-state index contributed by atoms with van der Waals surface area (Å²) in [5, 5.41) is 9.77. The first kappa shape index (κ1) is 13.4. The van der Waals surface area contributed by atoms with Crippen LogP contribution in [-0.2, 0) is 0 Å². The summed E-state index contributed by atoms with van der Waals surface area (Å²) in [6.07, 6.45) is 0. The lowest BCUT2D eigenvalue weighted by atomic mass is 10.0. The van der Waals surface area contributed by atoms with Crippen molar-refractivity contribution in [3.8, 4) is 6.07 Å². The van der Waals surface area contributed by atoms with Gasteiger partial charge in [0.15, 0.2) is 5.16 Å². The van der Waals surface area contributed by atoms with Crippen LogP contribution in [0.15, 0.2) is 46.3 Å². The van der Waals surface area contributed by atoms with Gasteiger partial charge in [-0.1, -0.05) is 42.1 Å². The molecule has 0 saturated heterocycles. The van der Waals surface area contributed by atoms with Gasteiger partial charge in [-0.05, 0) is 12.5 Å². The Morgan fingerprint density at radius 3 is 2.79 bits per heavy atom. The van der Waals surface area contributed by atoms with Crippen molar-refractivity contribution in [2.75, 3.05) is 5.75 Å². The molecule has 0 amide bonds. The Balaban J connectivity index is 2.09. The van der Waals surface area contributed by atoms with Crippen LogP contribution in [-0.4, -0.2) is 15.7 Å². The Morgan fingerprint density at radius 1 is 1.42 bits per heavy atom. The second-order valence-electron chi connectivity index (χ2n) is 4.10. The number of hydrogen-bond donors (Lipinski definition) is 1. The molecule has 5 heteroatoms. The number of nitrogens with one attached hydrogen (secondary N) is 1. The molecule has 1 aromatic heterocycles. The van der Waals surface area contributed by atoms with Gasteiger partial charge in [0.25, 0.3) is 5.56 Å². The molecule has 0 aliphatic carbocycles. The van der Waals surface area contributed by atoms with E-state index < -0.39 is 0 Å². The van der Waals surface area contributed by atoms with Crippen LogP contribution in [0.3, 0.4) is 0 Å². The molecule has 0 spiro atoms. The number of H-pyrrole nitrogens is 1. The number of nitrogens with zero attached hydrogens (tertiary/aromatic N) is 2. The SMILES string of the molecule is Cc1cc(=O)[nH]c(SCC(C#N)c2ccccc2)n1. The molecule has 96 valence electrons. The lowest BCUT2D eigenvalue weighted by molar-refractivity contribution is 0.898. The first-order valence-electron chi connectivity index (χ1n) is 5.84. The Kier molecular flexibility index (Phi) is 4.37. The van der Waals surface area contributed by atoms with Gasteiger partial charge >= 0.3 is 0 Å². The maximum absolute atomic E-state index is 11.3. The van der Waals surface area contributed by atoms with Gasteiger partial charge in [-0.3, -0.25) is 4.79 Å². The van der Waals surface area contributed by atoms with Crippen molar-refractivity contribution in [1.82, 2.24) is 9.97 Å². The lowest BCUT2D eigenvalue weighted by Crippen LogP contribution is -2.09. The van der Waals surface area contributed by atoms with Gasteiger partial charge in [-0.25, -0.2) is 4.98 Å². The molecule has 1 atom stereocenters. The van der Waals surface area contributed by atoms with E-state index in [2.05, 4.69) is 16.0 Å². The largest absolute Gasteiger partial charge is 0.301 e. The number of aromatic amines is 1. The van der Waals surface area contributed by atoms with Crippen LogP contribution in [0.25, 0.3) is 0 Å². The minimum atomic E-state index is -0.211. The summed E-state index contributed by atoms with van der Waals surface area (Å²) < 4.78 is 0. The van der Waals surface area contributed by atoms with Gasteiger partial charge in [0.2, 0.25) is 0 Å². The molecule has 0 bridgehead atoms. The molecule has 1 aromatic carbocycles. The Morgan fingerprint density at radius 2 is 2.16 bits per heavy atom. The summed E-state index contributed by atoms with van der Waals surface area (Å²) in [5.41, 5.74) is 1.50. The van der Waals surface area contributed by atoms with Crippen molar-refractivity contribution < 1.29 is 0 Å². The topological polar surface area (TPSA) is 69.5 Å². The highest BCUT2D eigenvalue weighted by atomic mass is 32.2. The molecule has 1 heterocycles. The highest BCUT2D eigenvalue weighted by Crippen LogP contribution is 2.23. The molecule has 2 aromatic rings. The van der Waals surface area contributed by atoms with Gasteiger partial charge in [0.1, 0.15) is 0 Å². The van der Waals surface area contributed by atoms with E-state index >= 15 is 0 Å². The first-order chi connectivity index (χ1) is 9.19. The highest BCUT2D eigenvalue weighted by Gasteiger charge is 2.11. The van der Waals surface area contributed by atoms with E-state index in [1.807, 2.05) is 30.3 Å². The maximum Gasteiger partial charge on any atom is 0.251 e. The quantitative estimate of drug-likeness (QED) is 0.685. The van der Waals surface area contributed by atoms with Crippen LogP contribution < -0.4 is 5.56 Å². The zero-order valence-electron chi connectivity index (χ0n) is 10.5. The molecule has 1 N–H and O–H groups in total. The third kappa shape index (κ3) is 3.70. The second-order valence-corrected chi connectivity index (χ2v) is 5.10. The molecular formula is C14H13N3OS. The van der Waals surface area contributed by atoms with E-state index in [-0.39, 0.29) is 11.5 Å². The van der Waals surface area contributed by atoms with Gasteiger partial charge in [0, 0.05) is 17.5 Å². The monoisotopic (exact) mass is 271 g/mol. The van der Waals surface area contributed by atoms with Crippen molar-refractivity contribution in [2.45, 2.75) is 18.0 Å². The van der Waals surface area contributed by atoms with Crippen LogP contribution in [0.1, 0.15) is 17.2 Å². The van der Waals surface area contributed by atoms with Crippen molar-refractivity contribution in [2.24, 2.45) is 0 Å². The summed E-state index contributed by atoms with van der Waals surface area (Å²) in [5.74, 6) is 0.351. The number of nitriles is 1. The zero-order valence-corrected chi connectivity index (χ0v) is 11.3. The van der Waals surface area contributed by atoms with Gasteiger partial charge in [0.05, 0.1) is 12.0 Å². The second kappa shape index (κ2) is 6.21. The summed E-state index contributed by atoms with van der Waals surface area (Å²) in [7, 11) is 0. The van der Waals surface area contributed by atoms with Crippen molar-refractivity contribution in [1.29, 1.82) is 5.26 Å². The molecule has 1 unspecified atom stereocenters. The molecule has 0 saturated carbocycles. The van der Waals surface area contributed by atoms with E-state index in [9.17, 15) is 10.1 Å². The van der Waals surface area contributed by atoms with Crippen LogP contribution in [0, 0.1) is 18.3 Å². The normalized spacial score (nSPS) is 11.8. The van der Waals surface area contributed by atoms with Gasteiger partial charge in [-0.15, -0.1) is 0 Å². The van der Waals surface area contributed by atoms with E-state index in [0.717, 1.165) is 5.56 Å². The Hall–Kier alpha value is -2.06. The van der Waals surface area contributed by atoms with Crippen LogP contribution in [0.4, 0.5) is 0 Å². The Bertz CT molecular complexity index is 646. The fraction of sp³-hybridized carbons (Fsp3) is 0.214. The molecule has 19 heavy (non-hydrogen) atoms. The van der Waals surface area contributed by atoms with Gasteiger partial charge in [-0.2, -0.15) is 5.26 Å². The van der Waals surface area contributed by atoms with Crippen molar-refractivity contribution in [3.63, 3.8) is 0 Å². The molecule has 4 nitrogen and oxygen atoms in total. The van der Waals surface area contributed by atoms with E-state index in [0.29, 0.717) is 16.6 Å². The molecule has 0 aliphatic heterocycles. The van der Waals surface area contributed by atoms with E-state index in [1.54, 1.807) is 6.92 Å². The highest BCUT2D eigenvalue weighted by molar-refractivity contribution is 7.99. The van der Waals surface area contributed by atoms with Crippen LogP contribution in [0.2, 0.25) is 0 Å². The number of hydrogen-bond acceptors (Lipinski definition) is 4. The molecule has 0 aliphatic rings. The number of benzene rings is 1. The van der Waals surface area contributed by atoms with Crippen LogP contribution >= 0.6 is 11.8 Å². The molecule has 0 radical (unpaired) electrons. The first-order valence-corrected chi connectivity index (χ1v) is 6.83. The van der Waals surface area contributed by atoms with Gasteiger partial charge < -0.3 is 4.98 Å². The number of aryl methyl sites for hydroxylation is 1. The smallest absolute Gasteiger partial charge is 0.251 e. The number of aromatic nitrogens is 2.